The molecule has 0 radical (unpaired) electrons. The molecule has 3 amide bonds. The fourth-order valence-electron chi connectivity index (χ4n) is 4.85. The summed E-state index contributed by atoms with van der Waals surface area (Å²) in [6, 6.07) is 13.1. The number of amides is 3. The molecule has 0 unspecified atom stereocenters. The number of rotatable bonds is 9. The zero-order valence-electron chi connectivity index (χ0n) is 21.4. The van der Waals surface area contributed by atoms with E-state index in [0.29, 0.717) is 22.0 Å². The van der Waals surface area contributed by atoms with Gasteiger partial charge in [0.25, 0.3) is 15.9 Å². The van der Waals surface area contributed by atoms with Crippen LogP contribution in [-0.4, -0.2) is 66.1 Å². The Labute approximate surface area is 230 Å². The molecule has 0 bridgehead atoms. The van der Waals surface area contributed by atoms with Gasteiger partial charge in [-0.15, -0.1) is 0 Å². The molecule has 12 heteroatoms. The summed E-state index contributed by atoms with van der Waals surface area (Å²) in [6.45, 7) is -0.149. The number of ether oxygens (including phenoxy) is 1. The number of hydrogen-bond donors (Lipinski definition) is 1. The standard InChI is InChI=1S/C28H27FN4O6S/c29-21-9-7-19(8-10-21)17-32(25(34)18-33-28(36)23-5-1-2-6-24(23)40(33,37)38)26(20-11-13-30-14-12-20)27(35)31-16-22-4-3-15-39-22/h1-2,5-14,22,26H,3-4,15-18H2,(H,31,35)/t22-,26-/m0/s1. The maximum Gasteiger partial charge on any atom is 0.269 e. The van der Waals surface area contributed by atoms with Gasteiger partial charge in [-0.1, -0.05) is 24.3 Å². The number of sulfonamides is 1. The number of carbonyl (C=O) groups is 3. The van der Waals surface area contributed by atoms with Gasteiger partial charge >= 0.3 is 0 Å². The van der Waals surface area contributed by atoms with Crippen LogP contribution < -0.4 is 5.32 Å². The molecule has 3 heterocycles. The molecule has 10 nitrogen and oxygen atoms in total. The van der Waals surface area contributed by atoms with Crippen molar-refractivity contribution >= 4 is 27.7 Å². The lowest BCUT2D eigenvalue weighted by Crippen LogP contribution is -2.48. The van der Waals surface area contributed by atoms with Gasteiger partial charge in [0.2, 0.25) is 11.8 Å². The van der Waals surface area contributed by atoms with E-state index in [2.05, 4.69) is 10.3 Å². The molecule has 2 aromatic carbocycles. The van der Waals surface area contributed by atoms with E-state index >= 15 is 0 Å². The Morgan fingerprint density at radius 3 is 2.50 bits per heavy atom. The number of nitrogens with one attached hydrogen (secondary N) is 1. The van der Waals surface area contributed by atoms with E-state index in [-0.39, 0.29) is 29.7 Å². The largest absolute Gasteiger partial charge is 0.376 e. The number of pyridine rings is 1. The van der Waals surface area contributed by atoms with Gasteiger partial charge in [-0.3, -0.25) is 19.4 Å². The molecular formula is C28H27FN4O6S. The normalized spacial score (nSPS) is 18.3. The van der Waals surface area contributed by atoms with E-state index in [4.69, 9.17) is 4.74 Å². The van der Waals surface area contributed by atoms with Gasteiger partial charge in [0.15, 0.2) is 0 Å². The first-order chi connectivity index (χ1) is 19.3. The summed E-state index contributed by atoms with van der Waals surface area (Å²) in [5.74, 6) is -2.61. The summed E-state index contributed by atoms with van der Waals surface area (Å²) < 4.78 is 46.1. The Kier molecular flexibility index (Phi) is 7.90. The van der Waals surface area contributed by atoms with Crippen LogP contribution in [0.4, 0.5) is 4.39 Å². The van der Waals surface area contributed by atoms with E-state index < -0.39 is 46.1 Å². The highest BCUT2D eigenvalue weighted by molar-refractivity contribution is 7.90. The summed E-state index contributed by atoms with van der Waals surface area (Å²) in [7, 11) is -4.27. The van der Waals surface area contributed by atoms with E-state index in [1.807, 2.05) is 0 Å². The Morgan fingerprint density at radius 2 is 1.82 bits per heavy atom. The molecule has 1 aromatic heterocycles. The first-order valence-electron chi connectivity index (χ1n) is 12.7. The van der Waals surface area contributed by atoms with Crippen molar-refractivity contribution in [1.82, 2.24) is 19.5 Å². The molecule has 0 saturated carbocycles. The lowest BCUT2D eigenvalue weighted by molar-refractivity contribution is -0.141. The first kappa shape index (κ1) is 27.4. The number of aromatic nitrogens is 1. The van der Waals surface area contributed by atoms with Gasteiger partial charge in [0, 0.05) is 32.1 Å². The molecule has 1 fully saturated rings. The zero-order chi connectivity index (χ0) is 28.3. The van der Waals surface area contributed by atoms with Crippen molar-refractivity contribution in [3.05, 3.63) is 95.6 Å². The predicted molar refractivity (Wildman–Crippen MR) is 141 cm³/mol. The van der Waals surface area contributed by atoms with Gasteiger partial charge in [0.1, 0.15) is 23.3 Å². The van der Waals surface area contributed by atoms with Gasteiger partial charge in [-0.2, -0.15) is 0 Å². The van der Waals surface area contributed by atoms with Gasteiger partial charge in [-0.05, 0) is 60.4 Å². The number of carbonyl (C=O) groups excluding carboxylic acids is 3. The van der Waals surface area contributed by atoms with Crippen molar-refractivity contribution < 1.29 is 31.9 Å². The molecule has 1 N–H and O–H groups in total. The average molecular weight is 567 g/mol. The SMILES string of the molecule is O=C(NC[C@@H]1CCCO1)[C@H](c1ccncc1)N(Cc1ccc(F)cc1)C(=O)CN1C(=O)c2ccccc2S1(=O)=O. The van der Waals surface area contributed by atoms with Crippen LogP contribution in [0.2, 0.25) is 0 Å². The second kappa shape index (κ2) is 11.5. The fourth-order valence-corrected chi connectivity index (χ4v) is 6.36. The van der Waals surface area contributed by atoms with Crippen LogP contribution in [0, 0.1) is 5.82 Å². The summed E-state index contributed by atoms with van der Waals surface area (Å²) in [6.07, 6.45) is 4.45. The zero-order valence-corrected chi connectivity index (χ0v) is 22.2. The number of benzene rings is 2. The molecular weight excluding hydrogens is 539 g/mol. The second-order valence-corrected chi connectivity index (χ2v) is 11.4. The van der Waals surface area contributed by atoms with Crippen molar-refractivity contribution in [2.75, 3.05) is 19.7 Å². The number of hydrogen-bond acceptors (Lipinski definition) is 7. The quantitative estimate of drug-likeness (QED) is 0.422. The minimum Gasteiger partial charge on any atom is -0.376 e. The number of nitrogens with zero attached hydrogens (tertiary/aromatic N) is 3. The van der Waals surface area contributed by atoms with E-state index in [1.165, 1.54) is 65.8 Å². The van der Waals surface area contributed by atoms with Crippen molar-refractivity contribution in [2.45, 2.75) is 36.4 Å². The highest BCUT2D eigenvalue weighted by atomic mass is 32.2. The third kappa shape index (κ3) is 5.58. The lowest BCUT2D eigenvalue weighted by atomic mass is 10.0. The lowest BCUT2D eigenvalue weighted by Gasteiger charge is -2.32. The molecule has 3 aromatic rings. The molecule has 208 valence electrons. The number of fused-ring (bicyclic) bond motifs is 1. The third-order valence-corrected chi connectivity index (χ3v) is 8.67. The molecule has 2 aliphatic rings. The van der Waals surface area contributed by atoms with Crippen LogP contribution in [0.15, 0.2) is 78.0 Å². The highest BCUT2D eigenvalue weighted by Gasteiger charge is 2.43. The van der Waals surface area contributed by atoms with Crippen molar-refractivity contribution in [3.63, 3.8) is 0 Å². The fraction of sp³-hybridized carbons (Fsp3) is 0.286. The summed E-state index contributed by atoms with van der Waals surface area (Å²) in [5.41, 5.74) is 0.897. The Balaban J connectivity index is 1.49. The van der Waals surface area contributed by atoms with Crippen molar-refractivity contribution in [2.24, 2.45) is 0 Å². The van der Waals surface area contributed by atoms with Crippen molar-refractivity contribution in [3.8, 4) is 0 Å². The second-order valence-electron chi connectivity index (χ2n) is 9.52. The van der Waals surface area contributed by atoms with Crippen LogP contribution in [0.1, 0.15) is 40.4 Å². The Bertz CT molecular complexity index is 1510. The highest BCUT2D eigenvalue weighted by Crippen LogP contribution is 2.31. The summed E-state index contributed by atoms with van der Waals surface area (Å²) >= 11 is 0. The van der Waals surface area contributed by atoms with Gasteiger partial charge < -0.3 is 15.0 Å². The summed E-state index contributed by atoms with van der Waals surface area (Å²) in [5, 5.41) is 2.85. The van der Waals surface area contributed by atoms with Crippen LogP contribution in [0.3, 0.4) is 0 Å². The Morgan fingerprint density at radius 1 is 1.10 bits per heavy atom. The molecule has 2 aliphatic heterocycles. The smallest absolute Gasteiger partial charge is 0.269 e. The maximum absolute atomic E-state index is 13.9. The maximum atomic E-state index is 13.9. The summed E-state index contributed by atoms with van der Waals surface area (Å²) in [4.78, 5) is 45.6. The average Bonchev–Trinajstić information content (AvgIpc) is 3.55. The van der Waals surface area contributed by atoms with E-state index in [9.17, 15) is 27.2 Å². The molecule has 0 spiro atoms. The monoisotopic (exact) mass is 566 g/mol. The third-order valence-electron chi connectivity index (χ3n) is 6.89. The molecule has 0 aliphatic carbocycles. The number of halogens is 1. The van der Waals surface area contributed by atoms with Gasteiger partial charge in [-0.25, -0.2) is 17.1 Å². The first-order valence-corrected chi connectivity index (χ1v) is 14.2. The van der Waals surface area contributed by atoms with E-state index in [1.54, 1.807) is 12.1 Å². The van der Waals surface area contributed by atoms with Crippen LogP contribution in [0.25, 0.3) is 0 Å². The minimum atomic E-state index is -4.27. The minimum absolute atomic E-state index is 0.0274. The van der Waals surface area contributed by atoms with Crippen LogP contribution in [0.5, 0.6) is 0 Å². The van der Waals surface area contributed by atoms with E-state index in [0.717, 1.165) is 12.8 Å². The Hall–Kier alpha value is -4.16. The van der Waals surface area contributed by atoms with Crippen molar-refractivity contribution in [1.29, 1.82) is 0 Å². The molecule has 1 saturated heterocycles. The molecule has 2 atom stereocenters. The van der Waals surface area contributed by atoms with Crippen LogP contribution >= 0.6 is 0 Å². The molecule has 40 heavy (non-hydrogen) atoms. The molecule has 5 rings (SSSR count). The van der Waals surface area contributed by atoms with Crippen LogP contribution in [-0.2, 0) is 30.9 Å². The predicted octanol–water partition coefficient (Wildman–Crippen LogP) is 2.43. The van der Waals surface area contributed by atoms with Gasteiger partial charge in [0.05, 0.1) is 11.7 Å². The topological polar surface area (TPSA) is 126 Å².